The number of carbonyl (C=O) groups is 1. The third-order valence-electron chi connectivity index (χ3n) is 1.08. The van der Waals surface area contributed by atoms with E-state index >= 15 is 0 Å². The van der Waals surface area contributed by atoms with Gasteiger partial charge in [-0.1, -0.05) is 0 Å². The molecule has 1 aromatic heterocycles. The Balaban J connectivity index is 3.09. The molecule has 0 aliphatic heterocycles. The van der Waals surface area contributed by atoms with E-state index in [1.165, 1.54) is 0 Å². The van der Waals surface area contributed by atoms with Crippen LogP contribution in [0.5, 0.6) is 0 Å². The second-order valence-electron chi connectivity index (χ2n) is 1.82. The Kier molecular flexibility index (Phi) is 2.27. The van der Waals surface area contributed by atoms with Gasteiger partial charge in [-0.3, -0.25) is 0 Å². The van der Waals surface area contributed by atoms with Crippen molar-refractivity contribution in [2.75, 3.05) is 7.11 Å². The zero-order chi connectivity index (χ0) is 9.14. The highest BCUT2D eigenvalue weighted by atomic mass is 19.1. The number of ether oxygens (including phenoxy) is 1. The van der Waals surface area contributed by atoms with Crippen molar-refractivity contribution in [3.8, 4) is 0 Å². The van der Waals surface area contributed by atoms with E-state index in [4.69, 9.17) is 0 Å². The molecule has 0 radical (unpaired) electrons. The molecular formula is C6H4F2N2O2. The smallest absolute Gasteiger partial charge is 0.361 e. The third kappa shape index (κ3) is 1.52. The fraction of sp³-hybridized carbons (Fsp3) is 0.167. The molecule has 0 fully saturated rings. The van der Waals surface area contributed by atoms with Crippen molar-refractivity contribution in [1.82, 2.24) is 9.97 Å². The van der Waals surface area contributed by atoms with E-state index in [1.54, 1.807) is 0 Å². The molecule has 0 bridgehead atoms. The van der Waals surface area contributed by atoms with Gasteiger partial charge in [0, 0.05) is 0 Å². The summed E-state index contributed by atoms with van der Waals surface area (Å²) in [7, 11) is 1.06. The Hall–Kier alpha value is -1.59. The summed E-state index contributed by atoms with van der Waals surface area (Å²) in [5, 5.41) is 0. The molecule has 0 aromatic carbocycles. The van der Waals surface area contributed by atoms with Gasteiger partial charge in [0.2, 0.25) is 17.6 Å². The summed E-state index contributed by atoms with van der Waals surface area (Å²) in [6.45, 7) is 0. The number of hydrogen-bond donors (Lipinski definition) is 0. The minimum Gasteiger partial charge on any atom is -0.464 e. The van der Waals surface area contributed by atoms with Crippen LogP contribution in [0, 0.1) is 11.9 Å². The van der Waals surface area contributed by atoms with Crippen LogP contribution in [-0.2, 0) is 4.74 Å². The molecule has 64 valence electrons. The van der Waals surface area contributed by atoms with Crippen molar-refractivity contribution in [2.24, 2.45) is 0 Å². The number of nitrogens with zero attached hydrogens (tertiary/aromatic N) is 2. The molecule has 0 N–H and O–H groups in total. The quantitative estimate of drug-likeness (QED) is 0.583. The molecule has 0 unspecified atom stereocenters. The zero-order valence-electron chi connectivity index (χ0n) is 6.04. The van der Waals surface area contributed by atoms with Crippen LogP contribution in [0.4, 0.5) is 8.78 Å². The van der Waals surface area contributed by atoms with E-state index in [-0.39, 0.29) is 0 Å². The number of hydrogen-bond acceptors (Lipinski definition) is 4. The molecule has 12 heavy (non-hydrogen) atoms. The molecule has 0 aliphatic carbocycles. The second kappa shape index (κ2) is 3.21. The number of aromatic nitrogens is 2. The van der Waals surface area contributed by atoms with E-state index in [0.717, 1.165) is 7.11 Å². The Morgan fingerprint density at radius 3 is 2.75 bits per heavy atom. The van der Waals surface area contributed by atoms with E-state index in [0.29, 0.717) is 6.20 Å². The van der Waals surface area contributed by atoms with E-state index in [2.05, 4.69) is 14.7 Å². The van der Waals surface area contributed by atoms with Gasteiger partial charge in [-0.2, -0.15) is 13.8 Å². The first-order valence-electron chi connectivity index (χ1n) is 2.91. The molecule has 0 amide bonds. The van der Waals surface area contributed by atoms with Crippen LogP contribution in [0.2, 0.25) is 0 Å². The lowest BCUT2D eigenvalue weighted by Crippen LogP contribution is -2.09. The molecule has 1 aromatic rings. The monoisotopic (exact) mass is 174 g/mol. The van der Waals surface area contributed by atoms with Crippen molar-refractivity contribution in [3.63, 3.8) is 0 Å². The molecule has 0 aliphatic rings. The highest BCUT2D eigenvalue weighted by molar-refractivity contribution is 5.86. The topological polar surface area (TPSA) is 52.1 Å². The number of halogens is 2. The van der Waals surface area contributed by atoms with Crippen LogP contribution in [-0.4, -0.2) is 23.0 Å². The Morgan fingerprint density at radius 1 is 1.58 bits per heavy atom. The Labute approximate surface area is 66.2 Å². The maximum absolute atomic E-state index is 12.6. The van der Waals surface area contributed by atoms with Crippen molar-refractivity contribution in [3.05, 3.63) is 23.8 Å². The molecule has 0 saturated heterocycles. The van der Waals surface area contributed by atoms with Crippen LogP contribution in [0.3, 0.4) is 0 Å². The van der Waals surface area contributed by atoms with Crippen molar-refractivity contribution in [2.45, 2.75) is 0 Å². The van der Waals surface area contributed by atoms with Gasteiger partial charge in [-0.05, 0) is 0 Å². The molecule has 4 nitrogen and oxygen atoms in total. The average Bonchev–Trinajstić information content (AvgIpc) is 2.03. The lowest BCUT2D eigenvalue weighted by atomic mass is 10.4. The lowest BCUT2D eigenvalue weighted by Gasteiger charge is -1.97. The van der Waals surface area contributed by atoms with Gasteiger partial charge in [0.15, 0.2) is 0 Å². The standard InChI is InChI=1S/C6H4F2N2O2/c1-12-6(11)4-5(8)10-3(7)2-9-4/h2H,1H3. The number of esters is 1. The van der Waals surface area contributed by atoms with Gasteiger partial charge in [0.25, 0.3) is 0 Å². The van der Waals surface area contributed by atoms with E-state index in [9.17, 15) is 13.6 Å². The second-order valence-corrected chi connectivity index (χ2v) is 1.82. The number of rotatable bonds is 1. The maximum Gasteiger partial charge on any atom is 0.361 e. The van der Waals surface area contributed by atoms with Crippen LogP contribution >= 0.6 is 0 Å². The summed E-state index contributed by atoms with van der Waals surface area (Å²) in [5.41, 5.74) is -0.626. The first-order chi connectivity index (χ1) is 5.65. The fourth-order valence-corrected chi connectivity index (χ4v) is 0.580. The minimum atomic E-state index is -1.28. The third-order valence-corrected chi connectivity index (χ3v) is 1.08. The first-order valence-corrected chi connectivity index (χ1v) is 2.91. The Bertz CT molecular complexity index is 316. The largest absolute Gasteiger partial charge is 0.464 e. The van der Waals surface area contributed by atoms with Crippen molar-refractivity contribution >= 4 is 5.97 Å². The van der Waals surface area contributed by atoms with Crippen LogP contribution < -0.4 is 0 Å². The molecule has 0 atom stereocenters. The van der Waals surface area contributed by atoms with Gasteiger partial charge in [0.1, 0.15) is 0 Å². The zero-order valence-corrected chi connectivity index (χ0v) is 6.04. The highest BCUT2D eigenvalue weighted by Gasteiger charge is 2.15. The molecule has 6 heteroatoms. The lowest BCUT2D eigenvalue weighted by molar-refractivity contribution is 0.0586. The van der Waals surface area contributed by atoms with Crippen LogP contribution in [0.15, 0.2) is 6.20 Å². The van der Waals surface area contributed by atoms with E-state index in [1.807, 2.05) is 0 Å². The van der Waals surface area contributed by atoms with Gasteiger partial charge >= 0.3 is 5.97 Å². The molecule has 0 spiro atoms. The summed E-state index contributed by atoms with van der Waals surface area (Å²) in [6, 6.07) is 0. The normalized spacial score (nSPS) is 9.58. The van der Waals surface area contributed by atoms with Gasteiger partial charge in [-0.15, -0.1) is 0 Å². The predicted octanol–water partition coefficient (Wildman–Crippen LogP) is 0.541. The summed E-state index contributed by atoms with van der Waals surface area (Å²) in [5.74, 6) is -3.35. The number of methoxy groups -OCH3 is 1. The predicted molar refractivity (Wildman–Crippen MR) is 33.3 cm³/mol. The first kappa shape index (κ1) is 8.51. The van der Waals surface area contributed by atoms with Crippen LogP contribution in [0.1, 0.15) is 10.5 Å². The van der Waals surface area contributed by atoms with Gasteiger partial charge < -0.3 is 4.74 Å². The van der Waals surface area contributed by atoms with Crippen molar-refractivity contribution in [1.29, 1.82) is 0 Å². The SMILES string of the molecule is COC(=O)c1ncc(F)nc1F. The summed E-state index contributed by atoms with van der Waals surface area (Å²) >= 11 is 0. The maximum atomic E-state index is 12.6. The molecular weight excluding hydrogens is 170 g/mol. The summed E-state index contributed by atoms with van der Waals surface area (Å²) < 4.78 is 28.9. The molecule has 1 heterocycles. The summed E-state index contributed by atoms with van der Waals surface area (Å²) in [6.07, 6.45) is 0.634. The van der Waals surface area contributed by atoms with Gasteiger partial charge in [0.05, 0.1) is 13.3 Å². The molecule has 0 saturated carbocycles. The van der Waals surface area contributed by atoms with E-state index < -0.39 is 23.6 Å². The molecule has 1 rings (SSSR count). The summed E-state index contributed by atoms with van der Waals surface area (Å²) in [4.78, 5) is 16.6. The van der Waals surface area contributed by atoms with Crippen molar-refractivity contribution < 1.29 is 18.3 Å². The fourth-order valence-electron chi connectivity index (χ4n) is 0.580. The van der Waals surface area contributed by atoms with Gasteiger partial charge in [-0.25, -0.2) is 9.78 Å². The minimum absolute atomic E-state index is 0.626. The Morgan fingerprint density at radius 2 is 2.25 bits per heavy atom. The van der Waals surface area contributed by atoms with Crippen LogP contribution in [0.25, 0.3) is 0 Å². The highest BCUT2D eigenvalue weighted by Crippen LogP contribution is 2.02. The average molecular weight is 174 g/mol. The number of carbonyl (C=O) groups excluding carboxylic acids is 1.